The fourth-order valence-electron chi connectivity index (χ4n) is 4.15. The molecule has 31 heavy (non-hydrogen) atoms. The van der Waals surface area contributed by atoms with Crippen LogP contribution in [0.4, 0.5) is 13.2 Å². The predicted octanol–water partition coefficient (Wildman–Crippen LogP) is 4.95. The Labute approximate surface area is 175 Å². The molecule has 0 spiro atoms. The van der Waals surface area contributed by atoms with E-state index in [0.717, 1.165) is 23.4 Å². The van der Waals surface area contributed by atoms with Crippen LogP contribution in [0.15, 0.2) is 36.5 Å². The van der Waals surface area contributed by atoms with Crippen molar-refractivity contribution >= 4 is 11.0 Å². The molecule has 0 bridgehead atoms. The average Bonchev–Trinajstić information content (AvgIpc) is 3.36. The zero-order valence-corrected chi connectivity index (χ0v) is 16.5. The summed E-state index contributed by atoms with van der Waals surface area (Å²) in [6, 6.07) is 9.49. The molecule has 1 unspecified atom stereocenters. The lowest BCUT2D eigenvalue weighted by Gasteiger charge is -2.24. The van der Waals surface area contributed by atoms with Crippen LogP contribution in [0.1, 0.15) is 46.8 Å². The summed E-state index contributed by atoms with van der Waals surface area (Å²) in [6.45, 7) is 2.48. The van der Waals surface area contributed by atoms with Crippen molar-refractivity contribution in [2.45, 2.75) is 38.4 Å². The molecule has 1 atom stereocenters. The molecule has 0 fully saturated rings. The lowest BCUT2D eigenvalue weighted by Crippen LogP contribution is -2.19. The molecule has 0 saturated heterocycles. The minimum absolute atomic E-state index is 0.259. The maximum absolute atomic E-state index is 13.3. The smallest absolute Gasteiger partial charge is 0.337 e. The minimum atomic E-state index is -4.39. The van der Waals surface area contributed by atoms with Gasteiger partial charge in [0.2, 0.25) is 0 Å². The highest BCUT2D eigenvalue weighted by molar-refractivity contribution is 5.82. The van der Waals surface area contributed by atoms with Gasteiger partial charge in [0.05, 0.1) is 16.8 Å². The van der Waals surface area contributed by atoms with Gasteiger partial charge in [-0.3, -0.25) is 0 Å². The number of aromatic nitrogens is 5. The minimum Gasteiger partial charge on any atom is -0.337 e. The van der Waals surface area contributed by atoms with Gasteiger partial charge in [-0.05, 0) is 55.2 Å². The van der Waals surface area contributed by atoms with Crippen LogP contribution >= 0.6 is 0 Å². The van der Waals surface area contributed by atoms with Crippen molar-refractivity contribution in [3.8, 4) is 17.6 Å². The van der Waals surface area contributed by atoms with E-state index < -0.39 is 11.7 Å². The van der Waals surface area contributed by atoms with Crippen LogP contribution in [0.5, 0.6) is 0 Å². The van der Waals surface area contributed by atoms with E-state index in [1.54, 1.807) is 10.7 Å². The standard InChI is InChI=1S/C22H17F3N6/c1-12-4-5-15(22(23,24)25)9-17(12)16-3-2-6-31-21(16)29-20(30-31)18-8-14-7-13(10-26)11-27-19(14)28-18/h4-5,7-9,11,16H,2-3,6H2,1H3,(H,27,28). The first-order valence-corrected chi connectivity index (χ1v) is 9.85. The molecule has 9 heteroatoms. The van der Waals surface area contributed by atoms with Crippen LogP contribution in [0.3, 0.4) is 0 Å². The quantitative estimate of drug-likeness (QED) is 0.496. The molecular weight excluding hydrogens is 405 g/mol. The maximum atomic E-state index is 13.3. The van der Waals surface area contributed by atoms with Gasteiger partial charge in [-0.1, -0.05) is 6.07 Å². The van der Waals surface area contributed by atoms with Crippen LogP contribution in [0.25, 0.3) is 22.6 Å². The SMILES string of the molecule is Cc1ccc(C(F)(F)F)cc1C1CCCn2nc(-c3cc4cc(C#N)cnc4[nH]3)nc21. The zero-order valence-electron chi connectivity index (χ0n) is 16.5. The molecule has 0 aliphatic carbocycles. The second kappa shape index (κ2) is 6.94. The van der Waals surface area contributed by atoms with Crippen molar-refractivity contribution in [2.24, 2.45) is 0 Å². The van der Waals surface area contributed by atoms with Crippen LogP contribution in [0.2, 0.25) is 0 Å². The maximum Gasteiger partial charge on any atom is 0.416 e. The number of hydrogen-bond donors (Lipinski definition) is 1. The number of alkyl halides is 3. The molecule has 3 aromatic heterocycles. The summed E-state index contributed by atoms with van der Waals surface area (Å²) in [5.41, 5.74) is 2.50. The summed E-state index contributed by atoms with van der Waals surface area (Å²) in [5, 5.41) is 14.4. The first-order chi connectivity index (χ1) is 14.8. The molecule has 156 valence electrons. The molecule has 1 aliphatic rings. The summed E-state index contributed by atoms with van der Waals surface area (Å²) in [5.74, 6) is 0.862. The molecule has 1 N–H and O–H groups in total. The largest absolute Gasteiger partial charge is 0.416 e. The number of halogens is 3. The third-order valence-electron chi connectivity index (χ3n) is 5.70. The first-order valence-electron chi connectivity index (χ1n) is 9.85. The van der Waals surface area contributed by atoms with Gasteiger partial charge in [0.1, 0.15) is 17.5 Å². The monoisotopic (exact) mass is 422 g/mol. The molecule has 1 aromatic carbocycles. The van der Waals surface area contributed by atoms with E-state index in [0.29, 0.717) is 47.1 Å². The number of nitrogens with one attached hydrogen (secondary N) is 1. The number of fused-ring (bicyclic) bond motifs is 2. The molecule has 5 rings (SSSR count). The highest BCUT2D eigenvalue weighted by Crippen LogP contribution is 2.38. The predicted molar refractivity (Wildman–Crippen MR) is 107 cm³/mol. The number of aromatic amines is 1. The Balaban J connectivity index is 1.57. The molecule has 4 heterocycles. The molecular formula is C22H17F3N6. The molecule has 0 saturated carbocycles. The van der Waals surface area contributed by atoms with E-state index in [2.05, 4.69) is 21.1 Å². The van der Waals surface area contributed by atoms with Crippen molar-refractivity contribution in [1.29, 1.82) is 5.26 Å². The average molecular weight is 422 g/mol. The second-order valence-electron chi connectivity index (χ2n) is 7.74. The first kappa shape index (κ1) is 19.3. The van der Waals surface area contributed by atoms with E-state index in [1.807, 2.05) is 13.0 Å². The van der Waals surface area contributed by atoms with Crippen molar-refractivity contribution in [1.82, 2.24) is 24.7 Å². The lowest BCUT2D eigenvalue weighted by molar-refractivity contribution is -0.137. The number of nitriles is 1. The summed E-state index contributed by atoms with van der Waals surface area (Å²) in [7, 11) is 0. The van der Waals surface area contributed by atoms with Crippen LogP contribution in [0, 0.1) is 18.3 Å². The Hall–Kier alpha value is -3.67. The normalized spacial score (nSPS) is 16.3. The Morgan fingerprint density at radius 1 is 1.23 bits per heavy atom. The third-order valence-corrected chi connectivity index (χ3v) is 5.70. The molecule has 0 amide bonds. The third kappa shape index (κ3) is 3.34. The van der Waals surface area contributed by atoms with Gasteiger partial charge in [0.15, 0.2) is 5.82 Å². The van der Waals surface area contributed by atoms with E-state index >= 15 is 0 Å². The van der Waals surface area contributed by atoms with Crippen molar-refractivity contribution in [2.75, 3.05) is 0 Å². The number of aryl methyl sites for hydroxylation is 2. The summed E-state index contributed by atoms with van der Waals surface area (Å²) < 4.78 is 41.6. The Morgan fingerprint density at radius 3 is 2.84 bits per heavy atom. The fraction of sp³-hybridized carbons (Fsp3) is 0.273. The van der Waals surface area contributed by atoms with E-state index in [9.17, 15) is 13.2 Å². The number of rotatable bonds is 2. The summed E-state index contributed by atoms with van der Waals surface area (Å²) >= 11 is 0. The molecule has 4 aromatic rings. The highest BCUT2D eigenvalue weighted by Gasteiger charge is 2.33. The van der Waals surface area contributed by atoms with Gasteiger partial charge in [0, 0.05) is 24.0 Å². The lowest BCUT2D eigenvalue weighted by atomic mass is 9.87. The molecule has 0 radical (unpaired) electrons. The molecule has 1 aliphatic heterocycles. The van der Waals surface area contributed by atoms with Crippen LogP contribution < -0.4 is 0 Å². The van der Waals surface area contributed by atoms with E-state index in [1.165, 1.54) is 18.3 Å². The molecule has 6 nitrogen and oxygen atoms in total. The van der Waals surface area contributed by atoms with Gasteiger partial charge >= 0.3 is 6.18 Å². The number of pyridine rings is 1. The Bertz CT molecular complexity index is 1340. The van der Waals surface area contributed by atoms with Gasteiger partial charge in [-0.25, -0.2) is 14.6 Å². The van der Waals surface area contributed by atoms with Crippen molar-refractivity contribution in [3.63, 3.8) is 0 Å². The van der Waals surface area contributed by atoms with E-state index in [4.69, 9.17) is 10.2 Å². The van der Waals surface area contributed by atoms with Gasteiger partial charge in [-0.2, -0.15) is 18.4 Å². The fourth-order valence-corrected chi connectivity index (χ4v) is 4.15. The van der Waals surface area contributed by atoms with Crippen molar-refractivity contribution < 1.29 is 13.2 Å². The van der Waals surface area contributed by atoms with E-state index in [-0.39, 0.29) is 5.92 Å². The Morgan fingerprint density at radius 2 is 2.06 bits per heavy atom. The topological polar surface area (TPSA) is 83.2 Å². The van der Waals surface area contributed by atoms with Crippen LogP contribution in [-0.4, -0.2) is 24.7 Å². The van der Waals surface area contributed by atoms with Gasteiger partial charge in [0.25, 0.3) is 0 Å². The number of H-pyrrole nitrogens is 1. The van der Waals surface area contributed by atoms with Crippen LogP contribution in [-0.2, 0) is 12.7 Å². The van der Waals surface area contributed by atoms with Gasteiger partial charge < -0.3 is 4.98 Å². The number of nitrogens with zero attached hydrogens (tertiary/aromatic N) is 5. The number of benzene rings is 1. The second-order valence-corrected chi connectivity index (χ2v) is 7.74. The highest BCUT2D eigenvalue weighted by atomic mass is 19.4. The van der Waals surface area contributed by atoms with Crippen molar-refractivity contribution in [3.05, 3.63) is 64.6 Å². The van der Waals surface area contributed by atoms with Gasteiger partial charge in [-0.15, -0.1) is 5.10 Å². The summed E-state index contributed by atoms with van der Waals surface area (Å²) in [6.07, 6.45) is -1.40. The Kier molecular flexibility index (Phi) is 4.32. The summed E-state index contributed by atoms with van der Waals surface area (Å²) in [4.78, 5) is 12.1. The zero-order chi connectivity index (χ0) is 21.8. The number of hydrogen-bond acceptors (Lipinski definition) is 4.